The average molecular weight is 646 g/mol. The summed E-state index contributed by atoms with van der Waals surface area (Å²) in [5, 5.41) is 15.9. The van der Waals surface area contributed by atoms with Crippen molar-refractivity contribution >= 4 is 27.5 Å². The number of piperazine rings is 1. The zero-order chi connectivity index (χ0) is 32.2. The predicted molar refractivity (Wildman–Crippen MR) is 176 cm³/mol. The first-order valence-electron chi connectivity index (χ1n) is 16.8. The van der Waals surface area contributed by atoms with Crippen molar-refractivity contribution in [1.82, 2.24) is 20.2 Å². The highest BCUT2D eigenvalue weighted by Gasteiger charge is 2.39. The van der Waals surface area contributed by atoms with Crippen molar-refractivity contribution in [2.75, 3.05) is 51.5 Å². The summed E-state index contributed by atoms with van der Waals surface area (Å²) in [4.78, 5) is 13.9. The molecule has 4 aromatic rings. The van der Waals surface area contributed by atoms with E-state index in [0.717, 1.165) is 44.5 Å². The Bertz CT molecular complexity index is 1800. The number of rotatable bonds is 9. The van der Waals surface area contributed by atoms with E-state index in [2.05, 4.69) is 20.1 Å². The molecule has 3 aromatic carbocycles. The van der Waals surface area contributed by atoms with Crippen molar-refractivity contribution in [2.24, 2.45) is 0 Å². The van der Waals surface area contributed by atoms with Gasteiger partial charge in [-0.2, -0.15) is 9.97 Å². The lowest BCUT2D eigenvalue weighted by atomic mass is 9.92. The van der Waals surface area contributed by atoms with Gasteiger partial charge in [-0.15, -0.1) is 0 Å². The van der Waals surface area contributed by atoms with Crippen molar-refractivity contribution in [3.05, 3.63) is 53.6 Å². The number of aryl methyl sites for hydroxylation is 1. The number of aromatic hydroxyl groups is 1. The van der Waals surface area contributed by atoms with Crippen LogP contribution in [0, 0.1) is 11.6 Å². The topological polar surface area (TPSA) is 92.2 Å². The van der Waals surface area contributed by atoms with Gasteiger partial charge in [0.1, 0.15) is 35.6 Å². The summed E-state index contributed by atoms with van der Waals surface area (Å²) < 4.78 is 51.0. The van der Waals surface area contributed by atoms with Crippen molar-refractivity contribution in [2.45, 2.75) is 69.3 Å². The number of ether oxygens (including phenoxy) is 3. The Labute approximate surface area is 272 Å². The van der Waals surface area contributed by atoms with Crippen molar-refractivity contribution < 1.29 is 28.1 Å². The molecule has 8 rings (SSSR count). The Hall–Kier alpha value is -3.64. The first-order valence-corrected chi connectivity index (χ1v) is 16.8. The average Bonchev–Trinajstić information content (AvgIpc) is 3.51. The molecular formula is C36H41F2N5O4. The van der Waals surface area contributed by atoms with Crippen LogP contribution >= 0.6 is 0 Å². The summed E-state index contributed by atoms with van der Waals surface area (Å²) in [5.74, 6) is -1.15. The first kappa shape index (κ1) is 30.7. The number of hydrogen-bond acceptors (Lipinski definition) is 9. The molecule has 4 saturated heterocycles. The lowest BCUT2D eigenvalue weighted by Gasteiger charge is -2.36. The number of aromatic nitrogens is 2. The van der Waals surface area contributed by atoms with E-state index in [0.29, 0.717) is 60.1 Å². The molecule has 2 N–H and O–H groups in total. The van der Waals surface area contributed by atoms with Gasteiger partial charge in [-0.3, -0.25) is 4.90 Å². The van der Waals surface area contributed by atoms with Crippen LogP contribution in [0.1, 0.15) is 38.2 Å². The Morgan fingerprint density at radius 1 is 1.04 bits per heavy atom. The summed E-state index contributed by atoms with van der Waals surface area (Å²) in [6, 6.07) is 11.4. The number of halogens is 2. The van der Waals surface area contributed by atoms with Crippen LogP contribution in [-0.2, 0) is 15.9 Å². The largest absolute Gasteiger partial charge is 0.508 e. The highest BCUT2D eigenvalue weighted by Crippen LogP contribution is 2.42. The van der Waals surface area contributed by atoms with Crippen LogP contribution in [0.15, 0.2) is 36.4 Å². The molecule has 0 radical (unpaired) electrons. The molecule has 0 amide bonds. The molecule has 4 unspecified atom stereocenters. The lowest BCUT2D eigenvalue weighted by molar-refractivity contribution is -0.0481. The maximum atomic E-state index is 16.9. The summed E-state index contributed by atoms with van der Waals surface area (Å²) >= 11 is 0. The predicted octanol–water partition coefficient (Wildman–Crippen LogP) is 5.19. The standard InChI is InChI=1S/C36H41F2N5O4/c1-3-20-5-4-6-21-11-26(44)12-28(31(20)21)32-30(37)13-29-34(33(32)38)40-36(41-35(29)42-14-22-7-8-23(15-42)39-22)47-19-27(45-2)16-43-24-9-10-25(43)18-46-17-24/h4-6,11-13,22-25,27,39,44H,3,7-10,14-19H2,1-2H3/t22?,23?,24?,25?,27-/m1/s1. The fraction of sp³-hybridized carbons (Fsp3) is 0.500. The highest BCUT2D eigenvalue weighted by atomic mass is 19.1. The van der Waals surface area contributed by atoms with E-state index in [1.807, 2.05) is 25.1 Å². The maximum Gasteiger partial charge on any atom is 0.319 e. The molecular weight excluding hydrogens is 604 g/mol. The van der Waals surface area contributed by atoms with Gasteiger partial charge >= 0.3 is 6.01 Å². The van der Waals surface area contributed by atoms with E-state index in [-0.39, 0.29) is 53.2 Å². The number of hydrogen-bond donors (Lipinski definition) is 2. The van der Waals surface area contributed by atoms with E-state index in [1.54, 1.807) is 13.2 Å². The second-order valence-electron chi connectivity index (χ2n) is 13.5. The number of methoxy groups -OCH3 is 1. The van der Waals surface area contributed by atoms with Gasteiger partial charge < -0.3 is 29.5 Å². The first-order chi connectivity index (χ1) is 22.9. The van der Waals surface area contributed by atoms with Gasteiger partial charge in [0.2, 0.25) is 0 Å². The second kappa shape index (κ2) is 12.4. The molecule has 47 heavy (non-hydrogen) atoms. The maximum absolute atomic E-state index is 16.9. The van der Waals surface area contributed by atoms with Crippen LogP contribution in [0.2, 0.25) is 0 Å². The molecule has 4 fully saturated rings. The molecule has 4 bridgehead atoms. The lowest BCUT2D eigenvalue weighted by Crippen LogP contribution is -2.51. The van der Waals surface area contributed by atoms with E-state index in [4.69, 9.17) is 19.2 Å². The SMILES string of the molecule is CCc1cccc2cc(O)cc(-c3c(F)cc4c(N5CC6CCC(C5)N6)nc(OC[C@@H](CN5C6CCC5COC6)OC)nc4c3F)c12. The van der Waals surface area contributed by atoms with Gasteiger partial charge in [0.15, 0.2) is 5.82 Å². The number of nitrogens with one attached hydrogen (secondary N) is 1. The summed E-state index contributed by atoms with van der Waals surface area (Å²) in [7, 11) is 1.67. The normalized spacial score (nSPS) is 24.8. The number of phenols is 1. The van der Waals surface area contributed by atoms with E-state index in [9.17, 15) is 5.11 Å². The fourth-order valence-electron chi connectivity index (χ4n) is 8.27. The van der Waals surface area contributed by atoms with Gasteiger partial charge in [-0.1, -0.05) is 25.1 Å². The highest BCUT2D eigenvalue weighted by molar-refractivity contribution is 6.03. The smallest absolute Gasteiger partial charge is 0.319 e. The van der Waals surface area contributed by atoms with Gasteiger partial charge in [0, 0.05) is 56.3 Å². The zero-order valence-electron chi connectivity index (χ0n) is 26.8. The minimum atomic E-state index is -0.808. The van der Waals surface area contributed by atoms with Crippen LogP contribution in [0.3, 0.4) is 0 Å². The molecule has 9 nitrogen and oxygen atoms in total. The fourth-order valence-corrected chi connectivity index (χ4v) is 8.27. The summed E-state index contributed by atoms with van der Waals surface area (Å²) in [6.07, 6.45) is 4.71. The Morgan fingerprint density at radius 3 is 2.53 bits per heavy atom. The number of nitrogens with zero attached hydrogens (tertiary/aromatic N) is 4. The zero-order valence-corrected chi connectivity index (χ0v) is 26.8. The molecule has 0 saturated carbocycles. The van der Waals surface area contributed by atoms with E-state index in [1.165, 1.54) is 12.1 Å². The molecule has 11 heteroatoms. The minimum absolute atomic E-state index is 0.0158. The van der Waals surface area contributed by atoms with Gasteiger partial charge in [0.05, 0.1) is 18.8 Å². The monoisotopic (exact) mass is 645 g/mol. The Morgan fingerprint density at radius 2 is 1.81 bits per heavy atom. The Kier molecular flexibility index (Phi) is 8.11. The van der Waals surface area contributed by atoms with Crippen LogP contribution in [0.25, 0.3) is 32.8 Å². The van der Waals surface area contributed by atoms with E-state index < -0.39 is 11.6 Å². The molecule has 5 atom stereocenters. The van der Waals surface area contributed by atoms with Crippen molar-refractivity contribution in [3.8, 4) is 22.9 Å². The van der Waals surface area contributed by atoms with Gasteiger partial charge in [-0.05, 0) is 72.2 Å². The van der Waals surface area contributed by atoms with Crippen molar-refractivity contribution in [1.29, 1.82) is 0 Å². The third-order valence-electron chi connectivity index (χ3n) is 10.6. The third-order valence-corrected chi connectivity index (χ3v) is 10.6. The van der Waals surface area contributed by atoms with Crippen molar-refractivity contribution in [3.63, 3.8) is 0 Å². The van der Waals surface area contributed by atoms with Crippen LogP contribution in [0.5, 0.6) is 11.8 Å². The number of morpholine rings is 1. The minimum Gasteiger partial charge on any atom is -0.508 e. The van der Waals surface area contributed by atoms with Gasteiger partial charge in [-0.25, -0.2) is 8.78 Å². The molecule has 4 aliphatic heterocycles. The molecule has 5 heterocycles. The van der Waals surface area contributed by atoms with E-state index >= 15 is 8.78 Å². The quantitative estimate of drug-likeness (QED) is 0.255. The molecule has 0 aliphatic carbocycles. The second-order valence-corrected chi connectivity index (χ2v) is 13.5. The van der Waals surface area contributed by atoms with Gasteiger partial charge in [0.25, 0.3) is 0 Å². The van der Waals surface area contributed by atoms with Crippen LogP contribution in [0.4, 0.5) is 14.6 Å². The Balaban J connectivity index is 1.21. The summed E-state index contributed by atoms with van der Waals surface area (Å²) in [5.41, 5.74) is 0.974. The van der Waals surface area contributed by atoms with Crippen LogP contribution < -0.4 is 15.0 Å². The van der Waals surface area contributed by atoms with Crippen LogP contribution in [-0.4, -0.2) is 96.8 Å². The molecule has 4 aliphatic rings. The number of phenolic OH excluding ortho intramolecular Hbond substituents is 1. The number of benzene rings is 3. The number of anilines is 1. The number of fused-ring (bicyclic) bond motifs is 6. The third kappa shape index (κ3) is 5.56. The molecule has 248 valence electrons. The molecule has 1 aromatic heterocycles. The summed E-state index contributed by atoms with van der Waals surface area (Å²) in [6.45, 7) is 5.66. The molecule has 0 spiro atoms.